The zero-order chi connectivity index (χ0) is 12.3. The minimum atomic E-state index is 0.407. The molecule has 0 aliphatic rings. The highest BCUT2D eigenvalue weighted by molar-refractivity contribution is 7.80. The summed E-state index contributed by atoms with van der Waals surface area (Å²) >= 11 is 4.89. The van der Waals surface area contributed by atoms with Crippen molar-refractivity contribution in [1.29, 1.82) is 0 Å². The van der Waals surface area contributed by atoms with Crippen LogP contribution < -0.4 is 11.1 Å². The Kier molecular flexibility index (Phi) is 3.34. The van der Waals surface area contributed by atoms with E-state index in [1.165, 1.54) is 0 Å². The number of benzene rings is 1. The second kappa shape index (κ2) is 4.92. The summed E-state index contributed by atoms with van der Waals surface area (Å²) in [5, 5.41) is 11.0. The molecule has 6 heteroatoms. The van der Waals surface area contributed by atoms with Crippen LogP contribution in [0, 0.1) is 0 Å². The van der Waals surface area contributed by atoms with Gasteiger partial charge in [-0.15, -0.1) is 10.2 Å². The van der Waals surface area contributed by atoms with Crippen LogP contribution >= 0.6 is 12.2 Å². The van der Waals surface area contributed by atoms with Gasteiger partial charge in [0.25, 0.3) is 0 Å². The fourth-order valence-corrected chi connectivity index (χ4v) is 1.54. The van der Waals surface area contributed by atoms with E-state index in [0.29, 0.717) is 11.5 Å². The van der Waals surface area contributed by atoms with Crippen molar-refractivity contribution < 1.29 is 0 Å². The average molecular weight is 247 g/mol. The summed E-state index contributed by atoms with van der Waals surface area (Å²) in [5.74, 6) is 0.878. The average Bonchev–Trinajstić information content (AvgIpc) is 2.73. The molecular formula is C11H13N5S. The minimum absolute atomic E-state index is 0.407. The van der Waals surface area contributed by atoms with Gasteiger partial charge in [-0.1, -0.05) is 12.2 Å². The van der Waals surface area contributed by atoms with Gasteiger partial charge in [0.15, 0.2) is 5.82 Å². The summed E-state index contributed by atoms with van der Waals surface area (Å²) in [6, 6.07) is 7.65. The molecule has 0 unspecified atom stereocenters. The first-order chi connectivity index (χ1) is 8.16. The van der Waals surface area contributed by atoms with E-state index in [9.17, 15) is 0 Å². The molecule has 0 aliphatic carbocycles. The van der Waals surface area contributed by atoms with Crippen molar-refractivity contribution in [3.8, 4) is 0 Å². The van der Waals surface area contributed by atoms with Crippen molar-refractivity contribution >= 4 is 22.9 Å². The van der Waals surface area contributed by atoms with Crippen LogP contribution in [0.15, 0.2) is 30.6 Å². The smallest absolute Gasteiger partial charge is 0.151 e. The van der Waals surface area contributed by atoms with Gasteiger partial charge in [0.2, 0.25) is 0 Å². The Morgan fingerprint density at radius 2 is 2.12 bits per heavy atom. The summed E-state index contributed by atoms with van der Waals surface area (Å²) < 4.78 is 1.87. The van der Waals surface area contributed by atoms with Crippen molar-refractivity contribution in [1.82, 2.24) is 14.8 Å². The summed E-state index contributed by atoms with van der Waals surface area (Å²) in [4.78, 5) is 0.407. The number of rotatable bonds is 4. The molecule has 1 heterocycles. The first-order valence-corrected chi connectivity index (χ1v) is 5.54. The van der Waals surface area contributed by atoms with E-state index in [1.807, 2.05) is 35.9 Å². The zero-order valence-corrected chi connectivity index (χ0v) is 10.2. The lowest BCUT2D eigenvalue weighted by atomic mass is 10.2. The maximum Gasteiger partial charge on any atom is 0.151 e. The van der Waals surface area contributed by atoms with Crippen molar-refractivity contribution in [2.24, 2.45) is 12.8 Å². The van der Waals surface area contributed by atoms with Crippen molar-refractivity contribution in [2.75, 3.05) is 5.32 Å². The highest BCUT2D eigenvalue weighted by Gasteiger charge is 2.00. The fourth-order valence-electron chi connectivity index (χ4n) is 1.40. The van der Waals surface area contributed by atoms with Crippen LogP contribution in [0.1, 0.15) is 11.4 Å². The minimum Gasteiger partial charge on any atom is -0.389 e. The maximum absolute atomic E-state index is 5.52. The van der Waals surface area contributed by atoms with Gasteiger partial charge in [0, 0.05) is 18.3 Å². The van der Waals surface area contributed by atoms with Crippen LogP contribution in [0.2, 0.25) is 0 Å². The molecule has 1 aromatic heterocycles. The molecule has 0 bridgehead atoms. The second-order valence-corrected chi connectivity index (χ2v) is 4.09. The first-order valence-electron chi connectivity index (χ1n) is 5.13. The lowest BCUT2D eigenvalue weighted by molar-refractivity contribution is 0.812. The van der Waals surface area contributed by atoms with E-state index < -0.39 is 0 Å². The highest BCUT2D eigenvalue weighted by Crippen LogP contribution is 2.10. The zero-order valence-electron chi connectivity index (χ0n) is 9.42. The lowest BCUT2D eigenvalue weighted by Crippen LogP contribution is -2.09. The number of hydrogen-bond donors (Lipinski definition) is 2. The van der Waals surface area contributed by atoms with Gasteiger partial charge in [0.1, 0.15) is 11.3 Å². The van der Waals surface area contributed by atoms with Crippen LogP contribution in [-0.2, 0) is 13.6 Å². The number of thiocarbonyl (C=S) groups is 1. The first kappa shape index (κ1) is 11.5. The number of nitrogens with two attached hydrogens (primary N) is 1. The number of aromatic nitrogens is 3. The molecule has 1 aromatic carbocycles. The van der Waals surface area contributed by atoms with Gasteiger partial charge in [-0.05, 0) is 24.3 Å². The Morgan fingerprint density at radius 1 is 1.41 bits per heavy atom. The number of nitrogens with zero attached hydrogens (tertiary/aromatic N) is 3. The number of nitrogens with one attached hydrogen (secondary N) is 1. The van der Waals surface area contributed by atoms with Gasteiger partial charge < -0.3 is 15.6 Å². The van der Waals surface area contributed by atoms with Gasteiger partial charge in [-0.3, -0.25) is 0 Å². The van der Waals surface area contributed by atoms with E-state index in [4.69, 9.17) is 18.0 Å². The molecule has 5 nitrogen and oxygen atoms in total. The van der Waals surface area contributed by atoms with Crippen LogP contribution in [0.4, 0.5) is 5.69 Å². The molecular weight excluding hydrogens is 234 g/mol. The third-order valence-corrected chi connectivity index (χ3v) is 2.66. The monoisotopic (exact) mass is 247 g/mol. The SMILES string of the molecule is Cn1cnnc1CNc1ccc(C(N)=S)cc1. The summed E-state index contributed by atoms with van der Waals surface area (Å²) in [5.41, 5.74) is 7.38. The third-order valence-electron chi connectivity index (χ3n) is 2.43. The standard InChI is InChI=1S/C11H13N5S/c1-16-7-14-15-10(16)6-13-9-4-2-8(3-5-9)11(12)17/h2-5,7,13H,6H2,1H3,(H2,12,17). The van der Waals surface area contributed by atoms with Crippen molar-refractivity contribution in [2.45, 2.75) is 6.54 Å². The molecule has 88 valence electrons. The highest BCUT2D eigenvalue weighted by atomic mass is 32.1. The normalized spacial score (nSPS) is 10.2. The third kappa shape index (κ3) is 2.79. The summed E-state index contributed by atoms with van der Waals surface area (Å²) in [6.45, 7) is 0.628. The Morgan fingerprint density at radius 3 is 2.65 bits per heavy atom. The molecule has 2 aromatic rings. The molecule has 0 saturated heterocycles. The molecule has 0 fully saturated rings. The van der Waals surface area contributed by atoms with E-state index >= 15 is 0 Å². The number of hydrogen-bond acceptors (Lipinski definition) is 4. The molecule has 0 radical (unpaired) electrons. The molecule has 3 N–H and O–H groups in total. The molecule has 0 amide bonds. The van der Waals surface area contributed by atoms with E-state index in [0.717, 1.165) is 17.1 Å². The van der Waals surface area contributed by atoms with Gasteiger partial charge in [0.05, 0.1) is 6.54 Å². The van der Waals surface area contributed by atoms with E-state index in [1.54, 1.807) is 6.33 Å². The molecule has 0 saturated carbocycles. The molecule has 0 spiro atoms. The Hall–Kier alpha value is -1.95. The fraction of sp³-hybridized carbons (Fsp3) is 0.182. The summed E-state index contributed by atoms with van der Waals surface area (Å²) in [6.07, 6.45) is 1.67. The van der Waals surface area contributed by atoms with Crippen molar-refractivity contribution in [3.05, 3.63) is 42.0 Å². The van der Waals surface area contributed by atoms with Crippen LogP contribution in [0.5, 0.6) is 0 Å². The van der Waals surface area contributed by atoms with Crippen LogP contribution in [-0.4, -0.2) is 19.8 Å². The van der Waals surface area contributed by atoms with Gasteiger partial charge >= 0.3 is 0 Å². The lowest BCUT2D eigenvalue weighted by Gasteiger charge is -2.06. The number of aryl methyl sites for hydroxylation is 1. The van der Waals surface area contributed by atoms with E-state index in [-0.39, 0.29) is 0 Å². The van der Waals surface area contributed by atoms with E-state index in [2.05, 4.69) is 15.5 Å². The Balaban J connectivity index is 2.00. The van der Waals surface area contributed by atoms with Crippen LogP contribution in [0.25, 0.3) is 0 Å². The Bertz CT molecular complexity index is 517. The second-order valence-electron chi connectivity index (χ2n) is 3.65. The number of anilines is 1. The molecule has 0 aliphatic heterocycles. The van der Waals surface area contributed by atoms with Gasteiger partial charge in [-0.2, -0.15) is 0 Å². The predicted molar refractivity (Wildman–Crippen MR) is 70.7 cm³/mol. The maximum atomic E-state index is 5.52. The Labute approximate surface area is 105 Å². The molecule has 17 heavy (non-hydrogen) atoms. The largest absolute Gasteiger partial charge is 0.389 e. The molecule has 2 rings (SSSR count). The predicted octanol–water partition coefficient (Wildman–Crippen LogP) is 1.06. The molecule has 0 atom stereocenters. The van der Waals surface area contributed by atoms with Gasteiger partial charge in [-0.25, -0.2) is 0 Å². The summed E-state index contributed by atoms with van der Waals surface area (Å²) in [7, 11) is 1.91. The quantitative estimate of drug-likeness (QED) is 0.791. The van der Waals surface area contributed by atoms with Crippen LogP contribution in [0.3, 0.4) is 0 Å². The van der Waals surface area contributed by atoms with Crippen molar-refractivity contribution in [3.63, 3.8) is 0 Å². The topological polar surface area (TPSA) is 68.8 Å².